The van der Waals surface area contributed by atoms with Crippen LogP contribution in [0, 0.1) is 5.92 Å². The predicted octanol–water partition coefficient (Wildman–Crippen LogP) is 1.40. The standard InChI is InChI=1S/C14H26N2O2/c1-3-18-13-7-11(8-13)9-14(17)16-6-4-5-12(10-16)15-2/h11-13,15H,3-10H2,1-2H3. The summed E-state index contributed by atoms with van der Waals surface area (Å²) >= 11 is 0. The lowest BCUT2D eigenvalue weighted by Gasteiger charge is -2.37. The van der Waals surface area contributed by atoms with E-state index >= 15 is 0 Å². The summed E-state index contributed by atoms with van der Waals surface area (Å²) in [6.07, 6.45) is 5.60. The van der Waals surface area contributed by atoms with Crippen LogP contribution in [0.15, 0.2) is 0 Å². The highest BCUT2D eigenvalue weighted by atomic mass is 16.5. The average Bonchev–Trinajstić information content (AvgIpc) is 2.36. The summed E-state index contributed by atoms with van der Waals surface area (Å²) in [5.74, 6) is 0.902. The zero-order chi connectivity index (χ0) is 13.0. The van der Waals surface area contributed by atoms with E-state index in [1.807, 2.05) is 18.9 Å². The fourth-order valence-electron chi connectivity index (χ4n) is 3.03. The highest BCUT2D eigenvalue weighted by Crippen LogP contribution is 2.33. The summed E-state index contributed by atoms with van der Waals surface area (Å²) in [4.78, 5) is 14.2. The molecule has 0 aromatic rings. The Morgan fingerprint density at radius 3 is 2.89 bits per heavy atom. The number of ether oxygens (including phenoxy) is 1. The van der Waals surface area contributed by atoms with Crippen molar-refractivity contribution in [3.05, 3.63) is 0 Å². The molecule has 1 atom stereocenters. The van der Waals surface area contributed by atoms with Crippen molar-refractivity contribution in [1.82, 2.24) is 10.2 Å². The zero-order valence-electron chi connectivity index (χ0n) is 11.7. The van der Waals surface area contributed by atoms with Gasteiger partial charge in [0.15, 0.2) is 0 Å². The van der Waals surface area contributed by atoms with Gasteiger partial charge in [0.1, 0.15) is 0 Å². The van der Waals surface area contributed by atoms with E-state index in [0.717, 1.165) is 45.4 Å². The topological polar surface area (TPSA) is 41.6 Å². The molecule has 2 fully saturated rings. The van der Waals surface area contributed by atoms with Crippen LogP contribution in [0.2, 0.25) is 0 Å². The van der Waals surface area contributed by atoms with E-state index in [2.05, 4.69) is 5.32 Å². The summed E-state index contributed by atoms with van der Waals surface area (Å²) in [6, 6.07) is 0.486. The first-order valence-corrected chi connectivity index (χ1v) is 7.29. The Morgan fingerprint density at radius 2 is 2.22 bits per heavy atom. The molecule has 0 aromatic carbocycles. The van der Waals surface area contributed by atoms with Crippen LogP contribution in [0.4, 0.5) is 0 Å². The van der Waals surface area contributed by atoms with Crippen molar-refractivity contribution in [3.63, 3.8) is 0 Å². The molecule has 2 aliphatic rings. The van der Waals surface area contributed by atoms with Gasteiger partial charge in [0.05, 0.1) is 6.10 Å². The summed E-state index contributed by atoms with van der Waals surface area (Å²) in [7, 11) is 1.98. The number of piperidine rings is 1. The maximum absolute atomic E-state index is 12.2. The van der Waals surface area contributed by atoms with E-state index < -0.39 is 0 Å². The Labute approximate surface area is 110 Å². The van der Waals surface area contributed by atoms with Crippen molar-refractivity contribution in [2.24, 2.45) is 5.92 Å². The molecule has 1 saturated carbocycles. The van der Waals surface area contributed by atoms with Crippen molar-refractivity contribution in [1.29, 1.82) is 0 Å². The Hall–Kier alpha value is -0.610. The molecule has 104 valence electrons. The number of rotatable bonds is 5. The van der Waals surface area contributed by atoms with Gasteiger partial charge in [-0.25, -0.2) is 0 Å². The number of carbonyl (C=O) groups excluding carboxylic acids is 1. The molecule has 1 unspecified atom stereocenters. The van der Waals surface area contributed by atoms with Crippen LogP contribution in [0.25, 0.3) is 0 Å². The van der Waals surface area contributed by atoms with Gasteiger partial charge < -0.3 is 15.0 Å². The molecule has 4 nitrogen and oxygen atoms in total. The largest absolute Gasteiger partial charge is 0.378 e. The molecule has 18 heavy (non-hydrogen) atoms. The van der Waals surface area contributed by atoms with Gasteiger partial charge >= 0.3 is 0 Å². The van der Waals surface area contributed by atoms with Crippen molar-refractivity contribution < 1.29 is 9.53 Å². The Morgan fingerprint density at radius 1 is 1.44 bits per heavy atom. The molecule has 4 heteroatoms. The lowest BCUT2D eigenvalue weighted by Crippen LogP contribution is -2.48. The predicted molar refractivity (Wildman–Crippen MR) is 71.4 cm³/mol. The minimum absolute atomic E-state index is 0.342. The fourth-order valence-corrected chi connectivity index (χ4v) is 3.03. The number of likely N-dealkylation sites (tertiary alicyclic amines) is 1. The third kappa shape index (κ3) is 3.45. The zero-order valence-corrected chi connectivity index (χ0v) is 11.7. The van der Waals surface area contributed by atoms with Crippen LogP contribution in [-0.4, -0.2) is 49.7 Å². The highest BCUT2D eigenvalue weighted by Gasteiger charge is 2.33. The number of hydrogen-bond acceptors (Lipinski definition) is 3. The van der Waals surface area contributed by atoms with E-state index in [4.69, 9.17) is 4.74 Å². The minimum atomic E-state index is 0.342. The van der Waals surface area contributed by atoms with Crippen LogP contribution in [-0.2, 0) is 9.53 Å². The van der Waals surface area contributed by atoms with Crippen LogP contribution < -0.4 is 5.32 Å². The van der Waals surface area contributed by atoms with Crippen LogP contribution >= 0.6 is 0 Å². The van der Waals surface area contributed by atoms with E-state index in [1.165, 1.54) is 6.42 Å². The first kappa shape index (κ1) is 13.8. The molecular formula is C14H26N2O2. The van der Waals surface area contributed by atoms with Crippen LogP contribution in [0.1, 0.15) is 39.0 Å². The van der Waals surface area contributed by atoms with E-state index in [9.17, 15) is 4.79 Å². The van der Waals surface area contributed by atoms with Crippen molar-refractivity contribution in [2.45, 2.75) is 51.2 Å². The lowest BCUT2D eigenvalue weighted by atomic mass is 9.79. The third-order valence-electron chi connectivity index (χ3n) is 4.24. The van der Waals surface area contributed by atoms with E-state index in [0.29, 0.717) is 24.0 Å². The maximum Gasteiger partial charge on any atom is 0.222 e. The monoisotopic (exact) mass is 254 g/mol. The molecule has 1 aliphatic heterocycles. The van der Waals surface area contributed by atoms with E-state index in [-0.39, 0.29) is 0 Å². The van der Waals surface area contributed by atoms with Gasteiger partial charge in [0, 0.05) is 32.2 Å². The molecule has 0 spiro atoms. The number of carbonyl (C=O) groups is 1. The number of likely N-dealkylation sites (N-methyl/N-ethyl adjacent to an activating group) is 1. The Balaban J connectivity index is 1.69. The minimum Gasteiger partial charge on any atom is -0.378 e. The van der Waals surface area contributed by atoms with Crippen molar-refractivity contribution >= 4 is 5.91 Å². The highest BCUT2D eigenvalue weighted by molar-refractivity contribution is 5.76. The second kappa shape index (κ2) is 6.53. The first-order valence-electron chi connectivity index (χ1n) is 7.29. The Bertz CT molecular complexity index is 277. The SMILES string of the molecule is CCOC1CC(CC(=O)N2CCCC(NC)C2)C1. The fraction of sp³-hybridized carbons (Fsp3) is 0.929. The number of nitrogens with one attached hydrogen (secondary N) is 1. The summed E-state index contributed by atoms with van der Waals surface area (Å²) in [5, 5.41) is 3.28. The maximum atomic E-state index is 12.2. The van der Waals surface area contributed by atoms with Crippen molar-refractivity contribution in [3.8, 4) is 0 Å². The van der Waals surface area contributed by atoms with Gasteiger partial charge in [-0.3, -0.25) is 4.79 Å². The van der Waals surface area contributed by atoms with Gasteiger partial charge in [0.2, 0.25) is 5.91 Å². The molecule has 1 heterocycles. The van der Waals surface area contributed by atoms with Gasteiger partial charge in [0.25, 0.3) is 0 Å². The van der Waals surface area contributed by atoms with E-state index in [1.54, 1.807) is 0 Å². The normalized spacial score (nSPS) is 32.1. The van der Waals surface area contributed by atoms with Crippen LogP contribution in [0.5, 0.6) is 0 Å². The molecule has 1 amide bonds. The third-order valence-corrected chi connectivity index (χ3v) is 4.24. The Kier molecular flexibility index (Phi) is 5.01. The first-order chi connectivity index (χ1) is 8.72. The smallest absolute Gasteiger partial charge is 0.222 e. The lowest BCUT2D eigenvalue weighted by molar-refractivity contribution is -0.135. The van der Waals surface area contributed by atoms with Gasteiger partial charge in [-0.05, 0) is 45.6 Å². The summed E-state index contributed by atoms with van der Waals surface area (Å²) in [5.41, 5.74) is 0. The quantitative estimate of drug-likeness (QED) is 0.806. The molecule has 1 aliphatic carbocycles. The summed E-state index contributed by atoms with van der Waals surface area (Å²) < 4.78 is 5.53. The molecule has 1 N–H and O–H groups in total. The van der Waals surface area contributed by atoms with Crippen LogP contribution in [0.3, 0.4) is 0 Å². The molecular weight excluding hydrogens is 228 g/mol. The van der Waals surface area contributed by atoms with Gasteiger partial charge in [-0.15, -0.1) is 0 Å². The molecule has 2 rings (SSSR count). The molecule has 0 bridgehead atoms. The van der Waals surface area contributed by atoms with Gasteiger partial charge in [-0.1, -0.05) is 0 Å². The average molecular weight is 254 g/mol. The molecule has 0 aromatic heterocycles. The number of hydrogen-bond donors (Lipinski definition) is 1. The summed E-state index contributed by atoms with van der Waals surface area (Å²) in [6.45, 7) is 4.65. The molecule has 1 saturated heterocycles. The number of amides is 1. The van der Waals surface area contributed by atoms with Crippen molar-refractivity contribution in [2.75, 3.05) is 26.7 Å². The second-order valence-corrected chi connectivity index (χ2v) is 5.59. The molecule has 0 radical (unpaired) electrons. The number of nitrogens with zero attached hydrogens (tertiary/aromatic N) is 1. The second-order valence-electron chi connectivity index (χ2n) is 5.59. The van der Waals surface area contributed by atoms with Gasteiger partial charge in [-0.2, -0.15) is 0 Å².